The van der Waals surface area contributed by atoms with Crippen LogP contribution in [0.5, 0.6) is 5.75 Å². The van der Waals surface area contributed by atoms with Crippen LogP contribution >= 0.6 is 0 Å². The number of hydrogen-bond donors (Lipinski definition) is 0. The Morgan fingerprint density at radius 3 is 2.66 bits per heavy atom. The summed E-state index contributed by atoms with van der Waals surface area (Å²) >= 11 is 0. The maximum Gasteiger partial charge on any atom is 0.128 e. The molecule has 1 aromatic heterocycles. The lowest BCUT2D eigenvalue weighted by molar-refractivity contribution is 0.151. The predicted octanol–water partition coefficient (Wildman–Crippen LogP) is 4.19. The number of ether oxygens (including phenoxy) is 1. The molecule has 3 aromatic rings. The summed E-state index contributed by atoms with van der Waals surface area (Å²) in [7, 11) is 2.22. The standard InChI is InChI=1S/C25H31N3O/c1-19-8-9-23-22(18-19)20-10-17-29-24-7-4-3-6-21(24)25(20)28(23)12-5-11-27-15-13-26(2)14-16-27/h3-4,6-9,18H,5,10-17H2,1-2H3. The molecule has 4 nitrogen and oxygen atoms in total. The first-order valence-electron chi connectivity index (χ1n) is 11.0. The molecular weight excluding hydrogens is 358 g/mol. The van der Waals surface area contributed by atoms with Gasteiger partial charge in [-0.05, 0) is 56.8 Å². The molecule has 0 saturated carbocycles. The van der Waals surface area contributed by atoms with Crippen LogP contribution in [0.4, 0.5) is 0 Å². The molecule has 0 unspecified atom stereocenters. The summed E-state index contributed by atoms with van der Waals surface area (Å²) in [6.07, 6.45) is 2.15. The number of nitrogens with zero attached hydrogens (tertiary/aromatic N) is 3. The highest BCUT2D eigenvalue weighted by molar-refractivity contribution is 5.93. The molecule has 2 aromatic carbocycles. The van der Waals surface area contributed by atoms with Gasteiger partial charge in [0.1, 0.15) is 5.75 Å². The van der Waals surface area contributed by atoms with Crippen molar-refractivity contribution in [3.8, 4) is 17.0 Å². The molecule has 3 heterocycles. The SMILES string of the molecule is Cc1ccc2c(c1)c1c(n2CCCN2CCN(C)CC2)-c2ccccc2OCC1. The van der Waals surface area contributed by atoms with E-state index in [0.29, 0.717) is 0 Å². The van der Waals surface area contributed by atoms with Gasteiger partial charge in [-0.2, -0.15) is 0 Å². The summed E-state index contributed by atoms with van der Waals surface area (Å²) in [5.41, 5.74) is 6.77. The summed E-state index contributed by atoms with van der Waals surface area (Å²) < 4.78 is 8.67. The van der Waals surface area contributed by atoms with Crippen molar-refractivity contribution in [1.29, 1.82) is 0 Å². The number of fused-ring (bicyclic) bond motifs is 5. The first kappa shape index (κ1) is 18.7. The molecule has 5 rings (SSSR count). The van der Waals surface area contributed by atoms with Crippen molar-refractivity contribution >= 4 is 10.9 Å². The molecule has 0 atom stereocenters. The van der Waals surface area contributed by atoms with Crippen LogP contribution in [0.1, 0.15) is 17.5 Å². The number of benzene rings is 2. The van der Waals surface area contributed by atoms with Gasteiger partial charge >= 0.3 is 0 Å². The first-order chi connectivity index (χ1) is 14.2. The molecule has 0 N–H and O–H groups in total. The lowest BCUT2D eigenvalue weighted by atomic mass is 10.0. The Hall–Kier alpha value is -2.30. The smallest absolute Gasteiger partial charge is 0.128 e. The second-order valence-corrected chi connectivity index (χ2v) is 8.59. The molecule has 2 aliphatic heterocycles. The normalized spacial score (nSPS) is 17.6. The van der Waals surface area contributed by atoms with E-state index in [1.54, 1.807) is 0 Å². The predicted molar refractivity (Wildman–Crippen MR) is 120 cm³/mol. The fourth-order valence-electron chi connectivity index (χ4n) is 4.91. The fourth-order valence-corrected chi connectivity index (χ4v) is 4.91. The van der Waals surface area contributed by atoms with Crippen molar-refractivity contribution in [3.63, 3.8) is 0 Å². The average Bonchev–Trinajstić information content (AvgIpc) is 2.90. The van der Waals surface area contributed by atoms with E-state index in [0.717, 1.165) is 25.3 Å². The van der Waals surface area contributed by atoms with Crippen molar-refractivity contribution < 1.29 is 4.74 Å². The van der Waals surface area contributed by atoms with Crippen molar-refractivity contribution in [2.75, 3.05) is 46.4 Å². The number of hydrogen-bond acceptors (Lipinski definition) is 3. The van der Waals surface area contributed by atoms with Crippen LogP contribution in [0.3, 0.4) is 0 Å². The van der Waals surface area contributed by atoms with E-state index < -0.39 is 0 Å². The van der Waals surface area contributed by atoms with Crippen LogP contribution in [0, 0.1) is 6.92 Å². The van der Waals surface area contributed by atoms with Crippen molar-refractivity contribution in [2.45, 2.75) is 26.3 Å². The Bertz CT molecular complexity index is 1010. The van der Waals surface area contributed by atoms with E-state index in [2.05, 4.69) is 70.8 Å². The molecule has 2 aliphatic rings. The number of para-hydroxylation sites is 1. The van der Waals surface area contributed by atoms with E-state index in [4.69, 9.17) is 4.74 Å². The van der Waals surface area contributed by atoms with Crippen molar-refractivity contribution in [1.82, 2.24) is 14.4 Å². The minimum atomic E-state index is 0.748. The maximum atomic E-state index is 6.11. The van der Waals surface area contributed by atoms with Crippen LogP contribution in [0.2, 0.25) is 0 Å². The highest BCUT2D eigenvalue weighted by Gasteiger charge is 2.23. The number of aromatic nitrogens is 1. The highest BCUT2D eigenvalue weighted by Crippen LogP contribution is 2.41. The van der Waals surface area contributed by atoms with Gasteiger partial charge in [-0.25, -0.2) is 0 Å². The van der Waals surface area contributed by atoms with E-state index in [1.165, 1.54) is 72.4 Å². The summed E-state index contributed by atoms with van der Waals surface area (Å²) in [5.74, 6) is 1.02. The zero-order valence-electron chi connectivity index (χ0n) is 17.7. The minimum Gasteiger partial charge on any atom is -0.493 e. The largest absolute Gasteiger partial charge is 0.493 e. The lowest BCUT2D eigenvalue weighted by Gasteiger charge is -2.32. The molecule has 0 amide bonds. The molecule has 0 aliphatic carbocycles. The van der Waals surface area contributed by atoms with Gasteiger partial charge in [0.25, 0.3) is 0 Å². The Morgan fingerprint density at radius 1 is 0.966 bits per heavy atom. The maximum absolute atomic E-state index is 6.11. The van der Waals surface area contributed by atoms with Gasteiger partial charge in [0.15, 0.2) is 0 Å². The van der Waals surface area contributed by atoms with E-state index in [9.17, 15) is 0 Å². The van der Waals surface area contributed by atoms with E-state index in [-0.39, 0.29) is 0 Å². The van der Waals surface area contributed by atoms with Gasteiger partial charge in [0.2, 0.25) is 0 Å². The molecule has 152 valence electrons. The van der Waals surface area contributed by atoms with E-state index in [1.807, 2.05) is 0 Å². The zero-order chi connectivity index (χ0) is 19.8. The van der Waals surface area contributed by atoms with E-state index >= 15 is 0 Å². The topological polar surface area (TPSA) is 20.6 Å². The van der Waals surface area contributed by atoms with Gasteiger partial charge in [-0.3, -0.25) is 0 Å². The third-order valence-corrected chi connectivity index (χ3v) is 6.53. The lowest BCUT2D eigenvalue weighted by Crippen LogP contribution is -2.44. The van der Waals surface area contributed by atoms with Gasteiger partial charge in [-0.15, -0.1) is 0 Å². The van der Waals surface area contributed by atoms with Crippen LogP contribution in [0.25, 0.3) is 22.2 Å². The third kappa shape index (κ3) is 3.56. The number of likely N-dealkylation sites (N-methyl/N-ethyl adjacent to an activating group) is 1. The zero-order valence-corrected chi connectivity index (χ0v) is 17.7. The molecule has 0 bridgehead atoms. The second kappa shape index (κ2) is 7.85. The first-order valence-corrected chi connectivity index (χ1v) is 11.0. The van der Waals surface area contributed by atoms with Gasteiger partial charge in [0, 0.05) is 55.6 Å². The molecule has 0 spiro atoms. The summed E-state index contributed by atoms with van der Waals surface area (Å²) in [6.45, 7) is 9.92. The van der Waals surface area contributed by atoms with Gasteiger partial charge < -0.3 is 19.1 Å². The second-order valence-electron chi connectivity index (χ2n) is 8.59. The Morgan fingerprint density at radius 2 is 1.79 bits per heavy atom. The van der Waals surface area contributed by atoms with Crippen LogP contribution < -0.4 is 4.74 Å². The van der Waals surface area contributed by atoms with Crippen LogP contribution in [0.15, 0.2) is 42.5 Å². The third-order valence-electron chi connectivity index (χ3n) is 6.53. The monoisotopic (exact) mass is 389 g/mol. The number of piperazine rings is 1. The summed E-state index contributed by atoms with van der Waals surface area (Å²) in [5, 5.41) is 1.40. The molecule has 0 radical (unpaired) electrons. The molecular formula is C25H31N3O. The molecule has 1 fully saturated rings. The summed E-state index contributed by atoms with van der Waals surface area (Å²) in [4.78, 5) is 5.04. The Labute approximate surface area is 173 Å². The average molecular weight is 390 g/mol. The van der Waals surface area contributed by atoms with Crippen molar-refractivity contribution in [3.05, 3.63) is 53.6 Å². The Kier molecular flexibility index (Phi) is 5.06. The number of aryl methyl sites for hydroxylation is 2. The fraction of sp³-hybridized carbons (Fsp3) is 0.440. The van der Waals surface area contributed by atoms with Gasteiger partial charge in [-0.1, -0.05) is 23.8 Å². The highest BCUT2D eigenvalue weighted by atomic mass is 16.5. The van der Waals surface area contributed by atoms with Gasteiger partial charge in [0.05, 0.1) is 12.3 Å². The summed E-state index contributed by atoms with van der Waals surface area (Å²) in [6, 6.07) is 15.5. The molecule has 29 heavy (non-hydrogen) atoms. The quantitative estimate of drug-likeness (QED) is 0.667. The minimum absolute atomic E-state index is 0.748. The Balaban J connectivity index is 1.51. The number of rotatable bonds is 4. The van der Waals surface area contributed by atoms with Crippen molar-refractivity contribution in [2.24, 2.45) is 0 Å². The molecule has 1 saturated heterocycles. The molecule has 4 heteroatoms. The van der Waals surface area contributed by atoms with Crippen LogP contribution in [-0.2, 0) is 13.0 Å². The van der Waals surface area contributed by atoms with Crippen LogP contribution in [-0.4, -0.2) is 60.7 Å².